The van der Waals surface area contributed by atoms with E-state index in [0.717, 1.165) is 15.6 Å². The molecule has 0 amide bonds. The van der Waals surface area contributed by atoms with Gasteiger partial charge in [0, 0.05) is 16.6 Å². The van der Waals surface area contributed by atoms with Crippen LogP contribution in [-0.2, 0) is 16.6 Å². The highest BCUT2D eigenvalue weighted by Gasteiger charge is 2.40. The van der Waals surface area contributed by atoms with Crippen LogP contribution in [0.2, 0.25) is 0 Å². The Bertz CT molecular complexity index is 1100. The van der Waals surface area contributed by atoms with E-state index in [0.29, 0.717) is 11.4 Å². The van der Waals surface area contributed by atoms with E-state index in [1.54, 1.807) is 25.3 Å². The van der Waals surface area contributed by atoms with Gasteiger partial charge >= 0.3 is 0 Å². The zero-order chi connectivity index (χ0) is 19.7. The summed E-state index contributed by atoms with van der Waals surface area (Å²) in [6, 6.07) is 22.1. The van der Waals surface area contributed by atoms with E-state index in [-0.39, 0.29) is 11.4 Å². The van der Waals surface area contributed by atoms with Crippen molar-refractivity contribution in [2.75, 3.05) is 12.4 Å². The molecule has 0 unspecified atom stereocenters. The van der Waals surface area contributed by atoms with Gasteiger partial charge in [-0.25, -0.2) is 8.42 Å². The average molecular weight is 459 g/mol. The highest BCUT2D eigenvalue weighted by atomic mass is 79.9. The number of methoxy groups -OCH3 is 1. The first kappa shape index (κ1) is 19.0. The predicted molar refractivity (Wildman–Crippen MR) is 113 cm³/mol. The minimum atomic E-state index is -3.72. The van der Waals surface area contributed by atoms with E-state index in [1.165, 1.54) is 4.31 Å². The van der Waals surface area contributed by atoms with Crippen molar-refractivity contribution in [3.63, 3.8) is 0 Å². The summed E-state index contributed by atoms with van der Waals surface area (Å²) in [6.07, 6.45) is -0.604. The fourth-order valence-electron chi connectivity index (χ4n) is 3.39. The average Bonchev–Trinajstić information content (AvgIpc) is 2.71. The van der Waals surface area contributed by atoms with E-state index in [2.05, 4.69) is 21.2 Å². The third-order valence-corrected chi connectivity index (χ3v) is 7.08. The summed E-state index contributed by atoms with van der Waals surface area (Å²) in [5.74, 6) is 0.619. The lowest BCUT2D eigenvalue weighted by Gasteiger charge is -2.38. The number of nitrogens with one attached hydrogen (secondary N) is 1. The molecule has 7 heteroatoms. The Morgan fingerprint density at radius 2 is 1.75 bits per heavy atom. The summed E-state index contributed by atoms with van der Waals surface area (Å²) >= 11 is 3.49. The van der Waals surface area contributed by atoms with Crippen LogP contribution in [0.1, 0.15) is 17.3 Å². The summed E-state index contributed by atoms with van der Waals surface area (Å²) in [5, 5.41) is 3.39. The van der Waals surface area contributed by atoms with Crippen molar-refractivity contribution in [2.45, 2.75) is 17.6 Å². The van der Waals surface area contributed by atoms with E-state index in [1.807, 2.05) is 54.6 Å². The number of fused-ring (bicyclic) bond motifs is 1. The van der Waals surface area contributed by atoms with Crippen LogP contribution < -0.4 is 10.1 Å². The maximum atomic E-state index is 13.5. The highest BCUT2D eigenvalue weighted by molar-refractivity contribution is 9.10. The van der Waals surface area contributed by atoms with Gasteiger partial charge < -0.3 is 10.1 Å². The van der Waals surface area contributed by atoms with E-state index in [4.69, 9.17) is 4.74 Å². The summed E-state index contributed by atoms with van der Waals surface area (Å²) < 4.78 is 34.9. The molecule has 0 aromatic heterocycles. The Morgan fingerprint density at radius 1 is 1.04 bits per heavy atom. The van der Waals surface area contributed by atoms with Gasteiger partial charge in [-0.15, -0.1) is 0 Å². The van der Waals surface area contributed by atoms with Crippen LogP contribution in [0.15, 0.2) is 82.2 Å². The van der Waals surface area contributed by atoms with Gasteiger partial charge in [0.05, 0.1) is 12.8 Å². The SMILES string of the molecule is COc1ccc(Br)cc1[C@@H]1Nc2ccccc2S(=O)(=O)N1Cc1ccccc1. The van der Waals surface area contributed by atoms with Gasteiger partial charge in [0.15, 0.2) is 0 Å². The van der Waals surface area contributed by atoms with Gasteiger partial charge in [-0.1, -0.05) is 58.4 Å². The van der Waals surface area contributed by atoms with Crippen LogP contribution in [0.3, 0.4) is 0 Å². The Labute approximate surface area is 173 Å². The third-order valence-electron chi connectivity index (χ3n) is 4.72. The molecule has 0 spiro atoms. The van der Waals surface area contributed by atoms with Gasteiger partial charge in [0.1, 0.15) is 16.8 Å². The molecule has 1 aliphatic rings. The minimum Gasteiger partial charge on any atom is -0.496 e. The molecule has 5 nitrogen and oxygen atoms in total. The molecule has 1 N–H and O–H groups in total. The van der Waals surface area contributed by atoms with Crippen LogP contribution in [0, 0.1) is 0 Å². The van der Waals surface area contributed by atoms with Gasteiger partial charge in [-0.2, -0.15) is 4.31 Å². The number of hydrogen-bond acceptors (Lipinski definition) is 4. The molecule has 3 aromatic rings. The molecule has 28 heavy (non-hydrogen) atoms. The Balaban J connectivity index is 1.89. The van der Waals surface area contributed by atoms with Crippen molar-refractivity contribution < 1.29 is 13.2 Å². The zero-order valence-corrected chi connectivity index (χ0v) is 17.6. The van der Waals surface area contributed by atoms with Crippen LogP contribution in [-0.4, -0.2) is 19.8 Å². The van der Waals surface area contributed by atoms with Crippen molar-refractivity contribution in [1.29, 1.82) is 0 Å². The molecule has 0 fully saturated rings. The van der Waals surface area contributed by atoms with Crippen molar-refractivity contribution in [1.82, 2.24) is 4.31 Å². The highest BCUT2D eigenvalue weighted by Crippen LogP contribution is 2.42. The van der Waals surface area contributed by atoms with Gasteiger partial charge in [0.2, 0.25) is 10.0 Å². The minimum absolute atomic E-state index is 0.241. The van der Waals surface area contributed by atoms with Crippen LogP contribution in [0.25, 0.3) is 0 Å². The maximum Gasteiger partial charge on any atom is 0.247 e. The Kier molecular flexibility index (Phi) is 5.14. The number of anilines is 1. The van der Waals surface area contributed by atoms with Crippen LogP contribution >= 0.6 is 15.9 Å². The van der Waals surface area contributed by atoms with Crippen molar-refractivity contribution in [3.05, 3.63) is 88.4 Å². The number of sulfonamides is 1. The standard InChI is InChI=1S/C21H19BrN2O3S/c1-27-19-12-11-16(22)13-17(19)21-23-18-9-5-6-10-20(18)28(25,26)24(21)14-15-7-3-2-4-8-15/h2-13,21,23H,14H2,1H3/t21-/m1/s1. The number of nitrogens with zero attached hydrogens (tertiary/aromatic N) is 1. The Hall–Kier alpha value is -2.35. The predicted octanol–water partition coefficient (Wildman–Crippen LogP) is 4.77. The summed E-state index contributed by atoms with van der Waals surface area (Å²) in [7, 11) is -2.13. The fourth-order valence-corrected chi connectivity index (χ4v) is 5.44. The molecule has 0 aliphatic carbocycles. The van der Waals surface area contributed by atoms with E-state index in [9.17, 15) is 8.42 Å². The molecule has 1 heterocycles. The molecular formula is C21H19BrN2O3S. The second-order valence-electron chi connectivity index (χ2n) is 6.47. The van der Waals surface area contributed by atoms with Crippen LogP contribution in [0.5, 0.6) is 5.75 Å². The molecule has 1 atom stereocenters. The molecule has 0 saturated carbocycles. The summed E-state index contributed by atoms with van der Waals surface area (Å²) in [4.78, 5) is 0.274. The third kappa shape index (κ3) is 3.41. The number of hydrogen-bond donors (Lipinski definition) is 1. The molecule has 0 radical (unpaired) electrons. The zero-order valence-electron chi connectivity index (χ0n) is 15.2. The number of halogens is 1. The summed E-state index contributed by atoms with van der Waals surface area (Å²) in [6.45, 7) is 0.241. The van der Waals surface area contributed by atoms with Crippen molar-refractivity contribution >= 4 is 31.6 Å². The van der Waals surface area contributed by atoms with Gasteiger partial charge in [0.25, 0.3) is 0 Å². The second-order valence-corrected chi connectivity index (χ2v) is 9.24. The molecule has 1 aliphatic heterocycles. The van der Waals surface area contributed by atoms with Gasteiger partial charge in [-0.05, 0) is 35.9 Å². The topological polar surface area (TPSA) is 58.6 Å². The largest absolute Gasteiger partial charge is 0.496 e. The molecule has 0 saturated heterocycles. The van der Waals surface area contributed by atoms with Crippen molar-refractivity contribution in [2.24, 2.45) is 0 Å². The quantitative estimate of drug-likeness (QED) is 0.611. The van der Waals surface area contributed by atoms with Gasteiger partial charge in [-0.3, -0.25) is 0 Å². The smallest absolute Gasteiger partial charge is 0.247 e. The molecule has 0 bridgehead atoms. The van der Waals surface area contributed by atoms with Crippen LogP contribution in [0.4, 0.5) is 5.69 Å². The monoisotopic (exact) mass is 458 g/mol. The van der Waals surface area contributed by atoms with E-state index >= 15 is 0 Å². The lowest BCUT2D eigenvalue weighted by molar-refractivity contribution is 0.323. The molecule has 4 rings (SSSR count). The molecule has 144 valence electrons. The Morgan fingerprint density at radius 3 is 2.50 bits per heavy atom. The number of ether oxygens (including phenoxy) is 1. The lowest BCUT2D eigenvalue weighted by Crippen LogP contribution is -2.42. The number of benzene rings is 3. The van der Waals surface area contributed by atoms with E-state index < -0.39 is 16.2 Å². The first-order chi connectivity index (χ1) is 13.5. The lowest BCUT2D eigenvalue weighted by atomic mass is 10.1. The maximum absolute atomic E-state index is 13.5. The molecule has 3 aromatic carbocycles. The number of para-hydroxylation sites is 1. The first-order valence-electron chi connectivity index (χ1n) is 8.75. The second kappa shape index (κ2) is 7.58. The fraction of sp³-hybridized carbons (Fsp3) is 0.143. The number of rotatable bonds is 4. The summed E-state index contributed by atoms with van der Waals surface area (Å²) in [5.41, 5.74) is 2.23. The first-order valence-corrected chi connectivity index (χ1v) is 11.0. The molecular weight excluding hydrogens is 440 g/mol. The van der Waals surface area contributed by atoms with Crippen molar-refractivity contribution in [3.8, 4) is 5.75 Å². The normalized spacial score (nSPS) is 18.1.